The number of aromatic amines is 1. The van der Waals surface area contributed by atoms with Crippen molar-refractivity contribution in [3.8, 4) is 0 Å². The summed E-state index contributed by atoms with van der Waals surface area (Å²) in [5.41, 5.74) is 1.50. The lowest BCUT2D eigenvalue weighted by atomic mass is 10.2. The molecule has 0 aromatic carbocycles. The Balaban J connectivity index is 2.01. The van der Waals surface area contributed by atoms with Crippen molar-refractivity contribution in [3.05, 3.63) is 23.5 Å². The van der Waals surface area contributed by atoms with Crippen LogP contribution in [0.2, 0.25) is 0 Å². The maximum Gasteiger partial charge on any atom is 0.282 e. The lowest BCUT2D eigenvalue weighted by Gasteiger charge is -2.36. The second kappa shape index (κ2) is 8.13. The summed E-state index contributed by atoms with van der Waals surface area (Å²) in [7, 11) is -3.44. The third-order valence-corrected chi connectivity index (χ3v) is 6.34. The Morgan fingerprint density at radius 3 is 2.21 bits per heavy atom. The monoisotopic (exact) mass is 356 g/mol. The average molecular weight is 356 g/mol. The predicted octanol–water partition coefficient (Wildman–Crippen LogP) is 1.45. The Hall–Kier alpha value is -1.38. The van der Waals surface area contributed by atoms with Gasteiger partial charge in [-0.05, 0) is 25.8 Å². The first-order chi connectivity index (χ1) is 11.4. The van der Waals surface area contributed by atoms with Gasteiger partial charge in [0.25, 0.3) is 16.1 Å². The van der Waals surface area contributed by atoms with Gasteiger partial charge < -0.3 is 9.88 Å². The minimum Gasteiger partial charge on any atom is -0.365 e. The number of hydrogen-bond donors (Lipinski definition) is 1. The van der Waals surface area contributed by atoms with Gasteiger partial charge in [-0.1, -0.05) is 13.8 Å². The fourth-order valence-electron chi connectivity index (χ4n) is 2.98. The topological polar surface area (TPSA) is 76.7 Å². The number of aryl methyl sites for hydroxylation is 1. The molecule has 1 aromatic heterocycles. The third kappa shape index (κ3) is 3.99. The van der Waals surface area contributed by atoms with E-state index in [0.29, 0.717) is 44.8 Å². The highest BCUT2D eigenvalue weighted by atomic mass is 32.2. The van der Waals surface area contributed by atoms with E-state index in [1.807, 2.05) is 20.8 Å². The minimum absolute atomic E-state index is 0.0372. The van der Waals surface area contributed by atoms with Gasteiger partial charge in [-0.15, -0.1) is 0 Å². The van der Waals surface area contributed by atoms with E-state index in [-0.39, 0.29) is 5.91 Å². The minimum atomic E-state index is -3.44. The molecule has 1 N–H and O–H groups in total. The summed E-state index contributed by atoms with van der Waals surface area (Å²) in [5.74, 6) is -0.0372. The number of amides is 1. The molecule has 7 nitrogen and oxygen atoms in total. The lowest BCUT2D eigenvalue weighted by Crippen LogP contribution is -2.54. The highest BCUT2D eigenvalue weighted by Gasteiger charge is 2.33. The summed E-state index contributed by atoms with van der Waals surface area (Å²) < 4.78 is 28.6. The molecule has 0 aliphatic carbocycles. The van der Waals surface area contributed by atoms with E-state index < -0.39 is 10.2 Å². The molecule has 0 saturated carbocycles. The molecule has 0 radical (unpaired) electrons. The number of rotatable bonds is 7. The van der Waals surface area contributed by atoms with E-state index in [1.54, 1.807) is 21.5 Å². The molecular formula is C16H28N4O3S. The number of carbonyl (C=O) groups is 1. The second-order valence-corrected chi connectivity index (χ2v) is 8.04. The molecule has 24 heavy (non-hydrogen) atoms. The normalized spacial score (nSPS) is 16.8. The van der Waals surface area contributed by atoms with Crippen LogP contribution in [0.3, 0.4) is 0 Å². The van der Waals surface area contributed by atoms with E-state index in [4.69, 9.17) is 0 Å². The van der Waals surface area contributed by atoms with Crippen molar-refractivity contribution in [1.82, 2.24) is 18.5 Å². The first-order valence-electron chi connectivity index (χ1n) is 8.60. The molecule has 1 fully saturated rings. The van der Waals surface area contributed by atoms with Crippen molar-refractivity contribution in [1.29, 1.82) is 0 Å². The van der Waals surface area contributed by atoms with Crippen LogP contribution in [0.4, 0.5) is 0 Å². The van der Waals surface area contributed by atoms with Gasteiger partial charge in [0, 0.05) is 51.2 Å². The zero-order valence-corrected chi connectivity index (χ0v) is 15.6. The number of aromatic nitrogens is 1. The van der Waals surface area contributed by atoms with Crippen molar-refractivity contribution in [2.45, 2.75) is 33.6 Å². The van der Waals surface area contributed by atoms with Crippen LogP contribution in [0.1, 0.15) is 42.7 Å². The smallest absolute Gasteiger partial charge is 0.282 e. The van der Waals surface area contributed by atoms with E-state index in [2.05, 4.69) is 4.98 Å². The van der Waals surface area contributed by atoms with Crippen molar-refractivity contribution in [2.75, 3.05) is 39.3 Å². The van der Waals surface area contributed by atoms with Gasteiger partial charge in [0.2, 0.25) is 0 Å². The molecule has 0 bridgehead atoms. The van der Waals surface area contributed by atoms with Crippen LogP contribution in [0, 0.1) is 6.92 Å². The van der Waals surface area contributed by atoms with Crippen LogP contribution in [-0.4, -0.2) is 72.1 Å². The number of H-pyrrole nitrogens is 1. The molecule has 1 amide bonds. The lowest BCUT2D eigenvalue weighted by molar-refractivity contribution is 0.0693. The largest absolute Gasteiger partial charge is 0.365 e. The Morgan fingerprint density at radius 2 is 1.75 bits per heavy atom. The summed E-state index contributed by atoms with van der Waals surface area (Å²) in [6.07, 6.45) is 3.34. The van der Waals surface area contributed by atoms with Crippen molar-refractivity contribution >= 4 is 16.1 Å². The van der Waals surface area contributed by atoms with Gasteiger partial charge in [0.15, 0.2) is 0 Å². The summed E-state index contributed by atoms with van der Waals surface area (Å²) in [6, 6.07) is 1.77. The Morgan fingerprint density at radius 1 is 1.17 bits per heavy atom. The molecular weight excluding hydrogens is 328 g/mol. The van der Waals surface area contributed by atoms with Crippen molar-refractivity contribution < 1.29 is 13.2 Å². The maximum absolute atomic E-state index is 12.8. The predicted molar refractivity (Wildman–Crippen MR) is 94.1 cm³/mol. The molecule has 0 unspecified atom stereocenters. The summed E-state index contributed by atoms with van der Waals surface area (Å²) in [5, 5.41) is 0. The van der Waals surface area contributed by atoms with Gasteiger partial charge >= 0.3 is 0 Å². The molecule has 1 aliphatic heterocycles. The quantitative estimate of drug-likeness (QED) is 0.803. The number of nitrogens with zero attached hydrogens (tertiary/aromatic N) is 3. The van der Waals surface area contributed by atoms with Gasteiger partial charge in [-0.25, -0.2) is 0 Å². The van der Waals surface area contributed by atoms with Gasteiger partial charge in [0.05, 0.1) is 5.56 Å². The van der Waals surface area contributed by atoms with Crippen molar-refractivity contribution in [2.24, 2.45) is 0 Å². The Kier molecular flexibility index (Phi) is 6.42. The standard InChI is InChI=1S/C16H28N4O3S/c1-4-8-19(9-5-2)24(22,23)20-12-10-18(11-13-20)16(21)15-6-7-17-14(15)3/h6-7,17H,4-5,8-13H2,1-3H3. The number of hydrogen-bond acceptors (Lipinski definition) is 3. The van der Waals surface area contributed by atoms with Gasteiger partial charge in [-0.2, -0.15) is 17.0 Å². The third-order valence-electron chi connectivity index (χ3n) is 4.31. The van der Waals surface area contributed by atoms with Crippen LogP contribution in [0.25, 0.3) is 0 Å². The molecule has 8 heteroatoms. The summed E-state index contributed by atoms with van der Waals surface area (Å²) in [4.78, 5) is 17.2. The Labute approximate surface area is 144 Å². The molecule has 2 heterocycles. The highest BCUT2D eigenvalue weighted by molar-refractivity contribution is 7.86. The van der Waals surface area contributed by atoms with Crippen LogP contribution >= 0.6 is 0 Å². The first-order valence-corrected chi connectivity index (χ1v) is 10.00. The molecule has 1 saturated heterocycles. The van der Waals surface area contributed by atoms with Crippen LogP contribution in [0.15, 0.2) is 12.3 Å². The van der Waals surface area contributed by atoms with E-state index in [0.717, 1.165) is 18.5 Å². The molecule has 0 atom stereocenters. The zero-order chi connectivity index (χ0) is 17.7. The molecule has 1 aliphatic rings. The van der Waals surface area contributed by atoms with Gasteiger partial charge in [0.1, 0.15) is 0 Å². The van der Waals surface area contributed by atoms with E-state index in [1.165, 1.54) is 4.31 Å². The second-order valence-electron chi connectivity index (χ2n) is 6.11. The SMILES string of the molecule is CCCN(CCC)S(=O)(=O)N1CCN(C(=O)c2cc[nH]c2C)CC1. The fourth-order valence-corrected chi connectivity index (χ4v) is 4.76. The fraction of sp³-hybridized carbons (Fsp3) is 0.688. The molecule has 0 spiro atoms. The summed E-state index contributed by atoms with van der Waals surface area (Å²) >= 11 is 0. The number of nitrogens with one attached hydrogen (secondary N) is 1. The number of piperazine rings is 1. The summed E-state index contributed by atoms with van der Waals surface area (Å²) in [6.45, 7) is 8.45. The molecule has 136 valence electrons. The zero-order valence-electron chi connectivity index (χ0n) is 14.8. The molecule has 2 rings (SSSR count). The van der Waals surface area contributed by atoms with E-state index >= 15 is 0 Å². The van der Waals surface area contributed by atoms with Gasteiger partial charge in [-0.3, -0.25) is 4.79 Å². The number of carbonyl (C=O) groups excluding carboxylic acids is 1. The average Bonchev–Trinajstić information content (AvgIpc) is 3.00. The van der Waals surface area contributed by atoms with Crippen LogP contribution in [-0.2, 0) is 10.2 Å². The van der Waals surface area contributed by atoms with Crippen LogP contribution in [0.5, 0.6) is 0 Å². The Bertz CT molecular complexity index is 642. The van der Waals surface area contributed by atoms with Crippen molar-refractivity contribution in [3.63, 3.8) is 0 Å². The highest BCUT2D eigenvalue weighted by Crippen LogP contribution is 2.16. The van der Waals surface area contributed by atoms with Crippen LogP contribution < -0.4 is 0 Å². The van der Waals surface area contributed by atoms with E-state index in [9.17, 15) is 13.2 Å². The maximum atomic E-state index is 12.8. The molecule has 1 aromatic rings. The first kappa shape index (κ1) is 19.0.